The van der Waals surface area contributed by atoms with Crippen LogP contribution < -0.4 is 0 Å². The van der Waals surface area contributed by atoms with Gasteiger partial charge in [-0.05, 0) is 31.6 Å². The Morgan fingerprint density at radius 1 is 1.27 bits per heavy atom. The highest BCUT2D eigenvalue weighted by molar-refractivity contribution is 6.00. The molecule has 0 aromatic rings. The number of hydrogen-bond acceptors (Lipinski definition) is 3. The van der Waals surface area contributed by atoms with E-state index in [1.165, 1.54) is 13.8 Å². The molecule has 0 heterocycles. The molecule has 3 nitrogen and oxygen atoms in total. The van der Waals surface area contributed by atoms with Crippen molar-refractivity contribution >= 4 is 17.9 Å². The number of carbonyl (C=O) groups is 3. The topological polar surface area (TPSA) is 51.2 Å². The molecule has 84 valence electrons. The summed E-state index contributed by atoms with van der Waals surface area (Å²) in [5, 5.41) is 0. The van der Waals surface area contributed by atoms with Crippen molar-refractivity contribution < 1.29 is 14.4 Å². The number of Topliss-reactive ketones (excluding diaryl/α,β-unsaturated/α-hetero) is 2. The summed E-state index contributed by atoms with van der Waals surface area (Å²) in [6.45, 7) is 6.90. The predicted octanol–water partition coefficient (Wildman–Crippen LogP) is 1.64. The fraction of sp³-hybridized carbons (Fsp3) is 0.750. The van der Waals surface area contributed by atoms with Crippen molar-refractivity contribution in [2.24, 2.45) is 23.2 Å². The average molecular weight is 210 g/mol. The normalized spacial score (nSPS) is 27.5. The highest BCUT2D eigenvalue weighted by Gasteiger charge is 2.58. The summed E-state index contributed by atoms with van der Waals surface area (Å²) in [6.07, 6.45) is 1.48. The molecular weight excluding hydrogens is 192 g/mol. The summed E-state index contributed by atoms with van der Waals surface area (Å²) >= 11 is 0. The molecule has 0 radical (unpaired) electrons. The lowest BCUT2D eigenvalue weighted by molar-refractivity contribution is -0.131. The van der Waals surface area contributed by atoms with Crippen molar-refractivity contribution in [3.8, 4) is 0 Å². The van der Waals surface area contributed by atoms with Gasteiger partial charge in [0.05, 0.1) is 5.92 Å². The van der Waals surface area contributed by atoms with Gasteiger partial charge in [-0.3, -0.25) is 9.59 Å². The Hall–Kier alpha value is -0.990. The molecule has 1 aliphatic rings. The summed E-state index contributed by atoms with van der Waals surface area (Å²) in [5.41, 5.74) is -0.0368. The first-order valence-corrected chi connectivity index (χ1v) is 5.28. The van der Waals surface area contributed by atoms with Crippen molar-refractivity contribution in [3.63, 3.8) is 0 Å². The van der Waals surface area contributed by atoms with E-state index in [1.807, 2.05) is 13.8 Å². The van der Waals surface area contributed by atoms with Crippen LogP contribution in [0.3, 0.4) is 0 Å². The van der Waals surface area contributed by atoms with Crippen LogP contribution in [0.2, 0.25) is 0 Å². The van der Waals surface area contributed by atoms with Gasteiger partial charge in [0, 0.05) is 5.92 Å². The quantitative estimate of drug-likeness (QED) is 0.512. The second-order valence-electron chi connectivity index (χ2n) is 5.10. The molecule has 1 aliphatic carbocycles. The molecule has 0 N–H and O–H groups in total. The standard InChI is InChI=1S/C12H18O3/c1-7(14)9(8(2)15)5-10-11(6-13)12(10,3)4/h6,9-11H,5H2,1-4H3. The molecule has 1 fully saturated rings. The minimum Gasteiger partial charge on any atom is -0.303 e. The Kier molecular flexibility index (Phi) is 3.12. The van der Waals surface area contributed by atoms with E-state index in [4.69, 9.17) is 0 Å². The third-order valence-corrected chi connectivity index (χ3v) is 3.76. The lowest BCUT2D eigenvalue weighted by Gasteiger charge is -2.10. The lowest BCUT2D eigenvalue weighted by Crippen LogP contribution is -2.20. The highest BCUT2D eigenvalue weighted by atomic mass is 16.1. The van der Waals surface area contributed by atoms with E-state index < -0.39 is 5.92 Å². The van der Waals surface area contributed by atoms with E-state index in [0.29, 0.717) is 6.42 Å². The van der Waals surface area contributed by atoms with Crippen LogP contribution in [0.15, 0.2) is 0 Å². The number of hydrogen-bond donors (Lipinski definition) is 0. The van der Waals surface area contributed by atoms with Gasteiger partial charge in [-0.15, -0.1) is 0 Å². The van der Waals surface area contributed by atoms with Crippen LogP contribution in [0.25, 0.3) is 0 Å². The lowest BCUT2D eigenvalue weighted by atomic mass is 9.92. The van der Waals surface area contributed by atoms with E-state index >= 15 is 0 Å². The molecule has 0 bridgehead atoms. The van der Waals surface area contributed by atoms with Crippen LogP contribution in [0.5, 0.6) is 0 Å². The second kappa shape index (κ2) is 3.87. The fourth-order valence-electron chi connectivity index (χ4n) is 2.38. The van der Waals surface area contributed by atoms with Gasteiger partial charge in [-0.2, -0.15) is 0 Å². The Labute approximate surface area is 90.2 Å². The molecule has 0 amide bonds. The number of ketones is 2. The van der Waals surface area contributed by atoms with Gasteiger partial charge in [-0.25, -0.2) is 0 Å². The number of rotatable bonds is 5. The smallest absolute Gasteiger partial charge is 0.140 e. The number of carbonyl (C=O) groups excluding carboxylic acids is 3. The monoisotopic (exact) mass is 210 g/mol. The van der Waals surface area contributed by atoms with E-state index in [1.54, 1.807) is 0 Å². The summed E-state index contributed by atoms with van der Waals surface area (Å²) in [6, 6.07) is 0. The van der Waals surface area contributed by atoms with Crippen LogP contribution in [-0.2, 0) is 14.4 Å². The fourth-order valence-corrected chi connectivity index (χ4v) is 2.38. The maximum absolute atomic E-state index is 11.2. The van der Waals surface area contributed by atoms with Gasteiger partial charge in [0.1, 0.15) is 17.9 Å². The third-order valence-electron chi connectivity index (χ3n) is 3.76. The summed E-state index contributed by atoms with van der Waals surface area (Å²) in [7, 11) is 0. The Morgan fingerprint density at radius 3 is 2.00 bits per heavy atom. The van der Waals surface area contributed by atoms with Crippen molar-refractivity contribution in [3.05, 3.63) is 0 Å². The molecule has 15 heavy (non-hydrogen) atoms. The zero-order valence-corrected chi connectivity index (χ0v) is 9.74. The molecule has 1 rings (SSSR count). The van der Waals surface area contributed by atoms with Crippen LogP contribution in [-0.4, -0.2) is 17.9 Å². The minimum atomic E-state index is -0.515. The molecule has 0 saturated heterocycles. The molecule has 0 aromatic heterocycles. The molecule has 0 aromatic carbocycles. The van der Waals surface area contributed by atoms with Gasteiger partial charge in [0.2, 0.25) is 0 Å². The van der Waals surface area contributed by atoms with Gasteiger partial charge in [0.15, 0.2) is 0 Å². The Morgan fingerprint density at radius 2 is 1.73 bits per heavy atom. The van der Waals surface area contributed by atoms with Gasteiger partial charge < -0.3 is 4.79 Å². The largest absolute Gasteiger partial charge is 0.303 e. The molecule has 3 heteroatoms. The maximum Gasteiger partial charge on any atom is 0.140 e. The first-order valence-electron chi connectivity index (χ1n) is 5.28. The zero-order chi connectivity index (χ0) is 11.8. The van der Waals surface area contributed by atoms with Crippen LogP contribution >= 0.6 is 0 Å². The van der Waals surface area contributed by atoms with Crippen LogP contribution in [0.1, 0.15) is 34.1 Å². The Balaban J connectivity index is 2.66. The molecule has 2 atom stereocenters. The minimum absolute atomic E-state index is 0.0127. The van der Waals surface area contributed by atoms with E-state index in [9.17, 15) is 14.4 Å². The van der Waals surface area contributed by atoms with E-state index in [-0.39, 0.29) is 28.8 Å². The van der Waals surface area contributed by atoms with Gasteiger partial charge >= 0.3 is 0 Å². The van der Waals surface area contributed by atoms with Crippen molar-refractivity contribution in [1.82, 2.24) is 0 Å². The van der Waals surface area contributed by atoms with Gasteiger partial charge in [-0.1, -0.05) is 13.8 Å². The SMILES string of the molecule is CC(=O)C(CC1C(C=O)C1(C)C)C(C)=O. The van der Waals surface area contributed by atoms with E-state index in [2.05, 4.69) is 0 Å². The Bertz CT molecular complexity index is 290. The third kappa shape index (κ3) is 2.16. The second-order valence-corrected chi connectivity index (χ2v) is 5.10. The van der Waals surface area contributed by atoms with Crippen molar-refractivity contribution in [1.29, 1.82) is 0 Å². The van der Waals surface area contributed by atoms with Crippen molar-refractivity contribution in [2.75, 3.05) is 0 Å². The molecular formula is C12H18O3. The van der Waals surface area contributed by atoms with Crippen LogP contribution in [0.4, 0.5) is 0 Å². The number of aldehydes is 1. The predicted molar refractivity (Wildman–Crippen MR) is 56.3 cm³/mol. The molecule has 0 aliphatic heterocycles. The molecule has 0 spiro atoms. The van der Waals surface area contributed by atoms with Crippen molar-refractivity contribution in [2.45, 2.75) is 34.1 Å². The first kappa shape index (κ1) is 12.1. The van der Waals surface area contributed by atoms with Crippen LogP contribution in [0, 0.1) is 23.2 Å². The summed E-state index contributed by atoms with van der Waals surface area (Å²) in [5.74, 6) is -0.490. The molecule has 2 unspecified atom stereocenters. The molecule has 1 saturated carbocycles. The van der Waals surface area contributed by atoms with Gasteiger partial charge in [0.25, 0.3) is 0 Å². The summed E-state index contributed by atoms with van der Waals surface area (Å²) < 4.78 is 0. The zero-order valence-electron chi connectivity index (χ0n) is 9.74. The first-order chi connectivity index (χ1) is 6.82. The highest BCUT2D eigenvalue weighted by Crippen LogP contribution is 2.59. The average Bonchev–Trinajstić information content (AvgIpc) is 2.61. The summed E-state index contributed by atoms with van der Waals surface area (Å²) in [4.78, 5) is 33.2. The maximum atomic E-state index is 11.2. The van der Waals surface area contributed by atoms with E-state index in [0.717, 1.165) is 6.29 Å².